The molecule has 0 aliphatic heterocycles. The van der Waals surface area contributed by atoms with Crippen molar-refractivity contribution < 1.29 is 0 Å². The maximum absolute atomic E-state index is 5.61. The van der Waals surface area contributed by atoms with E-state index >= 15 is 0 Å². The average Bonchev–Trinajstić information content (AvgIpc) is 3.06. The highest BCUT2D eigenvalue weighted by atomic mass is 15.1. The first-order valence-electron chi connectivity index (χ1n) is 14.6. The maximum Gasteiger partial charge on any atom is 0.0464 e. The summed E-state index contributed by atoms with van der Waals surface area (Å²) in [6, 6.07) is 50.7. The Bertz CT molecular complexity index is 1870. The molecule has 0 amide bonds. The van der Waals surface area contributed by atoms with Crippen LogP contribution in [0.15, 0.2) is 146 Å². The first kappa shape index (κ1) is 28.2. The molecule has 0 spiro atoms. The van der Waals surface area contributed by atoms with E-state index < -0.39 is 0 Å². The Kier molecular flexibility index (Phi) is 8.00. The lowest BCUT2D eigenvalue weighted by Crippen LogP contribution is -2.10. The fourth-order valence-corrected chi connectivity index (χ4v) is 5.45. The lowest BCUT2D eigenvalue weighted by Gasteiger charge is -2.26. The fraction of sp³-hybridized carbons (Fsp3) is 0.0476. The van der Waals surface area contributed by atoms with Crippen LogP contribution in [0.1, 0.15) is 22.3 Å². The van der Waals surface area contributed by atoms with Crippen LogP contribution in [0.2, 0.25) is 0 Å². The van der Waals surface area contributed by atoms with E-state index in [1.807, 2.05) is 48.5 Å². The first-order chi connectivity index (χ1) is 21.5. The number of terminal acetylenes is 2. The van der Waals surface area contributed by atoms with Crippen molar-refractivity contribution >= 4 is 34.1 Å². The van der Waals surface area contributed by atoms with E-state index in [-0.39, 0.29) is 0 Å². The van der Waals surface area contributed by atoms with Crippen LogP contribution >= 0.6 is 0 Å². The smallest absolute Gasteiger partial charge is 0.0464 e. The Morgan fingerprint density at radius 3 is 1.02 bits per heavy atom. The Balaban J connectivity index is 1.33. The zero-order valence-corrected chi connectivity index (χ0v) is 24.9. The summed E-state index contributed by atoms with van der Waals surface area (Å²) in [5.74, 6) is 5.41. The molecule has 0 aliphatic carbocycles. The van der Waals surface area contributed by atoms with Gasteiger partial charge in [0.2, 0.25) is 0 Å². The molecule has 6 aromatic rings. The summed E-state index contributed by atoms with van der Waals surface area (Å²) in [5, 5.41) is 0. The van der Waals surface area contributed by atoms with Crippen LogP contribution < -0.4 is 9.80 Å². The molecule has 210 valence electrons. The number of hydrogen-bond donors (Lipinski definition) is 0. The van der Waals surface area contributed by atoms with Crippen molar-refractivity contribution in [2.45, 2.75) is 13.8 Å². The van der Waals surface area contributed by atoms with Crippen LogP contribution in [0.4, 0.5) is 34.1 Å². The maximum atomic E-state index is 5.61. The number of hydrogen-bond acceptors (Lipinski definition) is 2. The molecule has 0 saturated heterocycles. The van der Waals surface area contributed by atoms with Crippen molar-refractivity contribution in [3.05, 3.63) is 168 Å². The molecular weight excluding hydrogens is 532 g/mol. The van der Waals surface area contributed by atoms with E-state index in [2.05, 4.69) is 133 Å². The zero-order valence-electron chi connectivity index (χ0n) is 24.9. The number of rotatable bonds is 7. The number of anilines is 6. The fourth-order valence-electron chi connectivity index (χ4n) is 5.45. The van der Waals surface area contributed by atoms with Crippen LogP contribution in [0.3, 0.4) is 0 Å². The van der Waals surface area contributed by atoms with Gasteiger partial charge in [-0.15, -0.1) is 12.8 Å². The number of benzene rings is 6. The van der Waals surface area contributed by atoms with Gasteiger partial charge in [-0.1, -0.05) is 60.4 Å². The van der Waals surface area contributed by atoms with Gasteiger partial charge in [0.1, 0.15) is 0 Å². The molecule has 0 aliphatic rings. The van der Waals surface area contributed by atoms with Gasteiger partial charge in [0.25, 0.3) is 0 Å². The van der Waals surface area contributed by atoms with Gasteiger partial charge in [0.15, 0.2) is 0 Å². The SMILES string of the molecule is C#Cc1ccc(N(c2ccc(C#C)cc2)c2ccc(-c3ccc(N(c4cccc(C)c4)c4cccc(C)c4)cc3)cc2)cc1. The van der Waals surface area contributed by atoms with Crippen LogP contribution in [-0.2, 0) is 0 Å². The molecule has 0 unspecified atom stereocenters. The molecule has 44 heavy (non-hydrogen) atoms. The topological polar surface area (TPSA) is 6.48 Å². The Morgan fingerprint density at radius 2 is 0.705 bits per heavy atom. The van der Waals surface area contributed by atoms with E-state index in [9.17, 15) is 0 Å². The summed E-state index contributed by atoms with van der Waals surface area (Å²) in [6.45, 7) is 4.26. The molecule has 0 fully saturated rings. The van der Waals surface area contributed by atoms with Gasteiger partial charge < -0.3 is 9.80 Å². The van der Waals surface area contributed by atoms with Crippen molar-refractivity contribution in [3.8, 4) is 35.8 Å². The summed E-state index contributed by atoms with van der Waals surface area (Å²) in [5.41, 5.74) is 12.9. The number of nitrogens with zero attached hydrogens (tertiary/aromatic N) is 2. The van der Waals surface area contributed by atoms with Crippen LogP contribution in [0.25, 0.3) is 11.1 Å². The molecule has 6 aromatic carbocycles. The van der Waals surface area contributed by atoms with Gasteiger partial charge in [-0.25, -0.2) is 0 Å². The van der Waals surface area contributed by atoms with Crippen molar-refractivity contribution in [3.63, 3.8) is 0 Å². The summed E-state index contributed by atoms with van der Waals surface area (Å²) in [4.78, 5) is 4.51. The Hall–Kier alpha value is -5.96. The average molecular weight is 565 g/mol. The summed E-state index contributed by atoms with van der Waals surface area (Å²) >= 11 is 0. The molecule has 0 heterocycles. The van der Waals surface area contributed by atoms with Crippen LogP contribution in [0, 0.1) is 38.5 Å². The summed E-state index contributed by atoms with van der Waals surface area (Å²) in [6.07, 6.45) is 11.2. The predicted molar refractivity (Wildman–Crippen MR) is 187 cm³/mol. The molecule has 2 heteroatoms. The van der Waals surface area contributed by atoms with E-state index in [1.54, 1.807) is 0 Å². The van der Waals surface area contributed by atoms with Crippen molar-refractivity contribution in [2.75, 3.05) is 9.80 Å². The van der Waals surface area contributed by atoms with E-state index in [0.717, 1.165) is 56.4 Å². The molecular formula is C42H32N2. The Morgan fingerprint density at radius 1 is 0.386 bits per heavy atom. The van der Waals surface area contributed by atoms with E-state index in [4.69, 9.17) is 12.8 Å². The highest BCUT2D eigenvalue weighted by Crippen LogP contribution is 2.38. The van der Waals surface area contributed by atoms with Crippen LogP contribution in [0.5, 0.6) is 0 Å². The van der Waals surface area contributed by atoms with Crippen molar-refractivity contribution in [1.29, 1.82) is 0 Å². The van der Waals surface area contributed by atoms with Gasteiger partial charge in [-0.2, -0.15) is 0 Å². The lowest BCUT2D eigenvalue weighted by molar-refractivity contribution is 1.26. The second kappa shape index (κ2) is 12.5. The third-order valence-corrected chi connectivity index (χ3v) is 7.69. The molecule has 0 atom stereocenters. The molecule has 6 rings (SSSR count). The largest absolute Gasteiger partial charge is 0.311 e. The quantitative estimate of drug-likeness (QED) is 0.178. The first-order valence-corrected chi connectivity index (χ1v) is 14.6. The van der Waals surface area contributed by atoms with Gasteiger partial charge in [-0.05, 0) is 133 Å². The second-order valence-corrected chi connectivity index (χ2v) is 10.8. The Labute approximate surface area is 260 Å². The minimum atomic E-state index is 0.846. The van der Waals surface area contributed by atoms with Crippen LogP contribution in [-0.4, -0.2) is 0 Å². The van der Waals surface area contributed by atoms with Gasteiger partial charge in [0, 0.05) is 45.3 Å². The zero-order chi connectivity index (χ0) is 30.5. The minimum Gasteiger partial charge on any atom is -0.311 e. The van der Waals surface area contributed by atoms with Gasteiger partial charge in [0.05, 0.1) is 0 Å². The van der Waals surface area contributed by atoms with E-state index in [1.165, 1.54) is 11.1 Å². The molecule has 0 N–H and O–H groups in total. The van der Waals surface area contributed by atoms with E-state index in [0.29, 0.717) is 0 Å². The third kappa shape index (κ3) is 5.98. The monoisotopic (exact) mass is 564 g/mol. The lowest BCUT2D eigenvalue weighted by atomic mass is 10.0. The highest BCUT2D eigenvalue weighted by Gasteiger charge is 2.15. The molecule has 0 aromatic heterocycles. The summed E-state index contributed by atoms with van der Waals surface area (Å²) < 4.78 is 0. The molecule has 0 radical (unpaired) electrons. The second-order valence-electron chi connectivity index (χ2n) is 10.8. The molecule has 2 nitrogen and oxygen atoms in total. The van der Waals surface area contributed by atoms with Gasteiger partial charge >= 0.3 is 0 Å². The minimum absolute atomic E-state index is 0.846. The van der Waals surface area contributed by atoms with Crippen molar-refractivity contribution in [1.82, 2.24) is 0 Å². The highest BCUT2D eigenvalue weighted by molar-refractivity contribution is 5.81. The third-order valence-electron chi connectivity index (χ3n) is 7.69. The predicted octanol–water partition coefficient (Wildman–Crippen LogP) is 10.9. The molecule has 0 saturated carbocycles. The van der Waals surface area contributed by atoms with Crippen molar-refractivity contribution in [2.24, 2.45) is 0 Å². The number of aryl methyl sites for hydroxylation is 2. The summed E-state index contributed by atoms with van der Waals surface area (Å²) in [7, 11) is 0. The van der Waals surface area contributed by atoms with Gasteiger partial charge in [-0.3, -0.25) is 0 Å². The normalized spacial score (nSPS) is 10.5. The standard InChI is InChI=1S/C42H32N2/c1-5-33-13-21-37(22-14-33)43(38-23-15-34(6-2)16-24-38)39-25-17-35(18-26-39)36-19-27-40(28-20-36)44(41-11-7-9-31(3)29-41)42-12-8-10-32(4)30-42/h1-2,7-30H,3-4H3. The molecule has 0 bridgehead atoms.